The number of thiophene rings is 1. The van der Waals surface area contributed by atoms with E-state index in [9.17, 15) is 0 Å². The van der Waals surface area contributed by atoms with Crippen LogP contribution in [0.25, 0.3) is 0 Å². The molecule has 1 unspecified atom stereocenters. The Balaban J connectivity index is 2.17. The lowest BCUT2D eigenvalue weighted by Crippen LogP contribution is -2.17. The lowest BCUT2D eigenvalue weighted by atomic mass is 10.2. The summed E-state index contributed by atoms with van der Waals surface area (Å²) in [4.78, 5) is 1.04. The smallest absolute Gasteiger partial charge is 0.145 e. The molecule has 1 atom stereocenters. The molecular weight excluding hydrogens is 334 g/mol. The fraction of sp³-hybridized carbons (Fsp3) is 0.231. The van der Waals surface area contributed by atoms with Crippen molar-refractivity contribution >= 4 is 38.9 Å². The molecule has 2 N–H and O–H groups in total. The van der Waals surface area contributed by atoms with Gasteiger partial charge < -0.3 is 10.5 Å². The first kappa shape index (κ1) is 13.9. The van der Waals surface area contributed by atoms with E-state index in [1.165, 1.54) is 11.3 Å². The van der Waals surface area contributed by atoms with Crippen molar-refractivity contribution in [2.24, 2.45) is 5.73 Å². The van der Waals surface area contributed by atoms with Crippen molar-refractivity contribution in [1.29, 1.82) is 0 Å². The van der Waals surface area contributed by atoms with E-state index in [0.717, 1.165) is 25.0 Å². The number of aryl methyl sites for hydroxylation is 1. The lowest BCUT2D eigenvalue weighted by molar-refractivity contribution is 0.218. The standard InChI is InChI=1S/C13H13BrClNOS/c1-8-6-9(2-3-10(8)14)17-11(7-16)12-4-5-13(15)18-12/h2-6,11H,7,16H2,1H3. The number of hydrogen-bond donors (Lipinski definition) is 1. The van der Waals surface area contributed by atoms with Crippen molar-refractivity contribution < 1.29 is 4.74 Å². The molecule has 2 aromatic rings. The molecule has 0 aliphatic rings. The highest BCUT2D eigenvalue weighted by Crippen LogP contribution is 2.31. The Morgan fingerprint density at radius 1 is 1.39 bits per heavy atom. The Labute approximate surface area is 124 Å². The van der Waals surface area contributed by atoms with E-state index in [1.54, 1.807) is 0 Å². The molecule has 0 spiro atoms. The van der Waals surface area contributed by atoms with Gasteiger partial charge in [0.1, 0.15) is 11.9 Å². The Morgan fingerprint density at radius 2 is 2.17 bits per heavy atom. The molecule has 96 valence electrons. The van der Waals surface area contributed by atoms with E-state index in [0.29, 0.717) is 6.54 Å². The fourth-order valence-electron chi connectivity index (χ4n) is 1.58. The van der Waals surface area contributed by atoms with Crippen LogP contribution in [0.3, 0.4) is 0 Å². The van der Waals surface area contributed by atoms with E-state index < -0.39 is 0 Å². The number of nitrogens with two attached hydrogens (primary N) is 1. The van der Waals surface area contributed by atoms with Gasteiger partial charge in [0.2, 0.25) is 0 Å². The molecule has 0 aliphatic heterocycles. The SMILES string of the molecule is Cc1cc(OC(CN)c2ccc(Cl)s2)ccc1Br. The topological polar surface area (TPSA) is 35.2 Å². The summed E-state index contributed by atoms with van der Waals surface area (Å²) >= 11 is 10.9. The number of benzene rings is 1. The maximum absolute atomic E-state index is 5.93. The average Bonchev–Trinajstić information content (AvgIpc) is 2.77. The average molecular weight is 347 g/mol. The van der Waals surface area contributed by atoms with Gasteiger partial charge >= 0.3 is 0 Å². The highest BCUT2D eigenvalue weighted by atomic mass is 79.9. The molecule has 1 aromatic carbocycles. The van der Waals surface area contributed by atoms with Gasteiger partial charge in [-0.05, 0) is 42.8 Å². The minimum Gasteiger partial charge on any atom is -0.484 e. The van der Waals surface area contributed by atoms with Crippen LogP contribution in [0.2, 0.25) is 4.34 Å². The van der Waals surface area contributed by atoms with E-state index in [-0.39, 0.29) is 6.10 Å². The van der Waals surface area contributed by atoms with E-state index >= 15 is 0 Å². The van der Waals surface area contributed by atoms with E-state index in [4.69, 9.17) is 22.1 Å². The number of hydrogen-bond acceptors (Lipinski definition) is 3. The van der Waals surface area contributed by atoms with Crippen molar-refractivity contribution in [3.8, 4) is 5.75 Å². The summed E-state index contributed by atoms with van der Waals surface area (Å²) in [5, 5.41) is 0. The van der Waals surface area contributed by atoms with Crippen LogP contribution < -0.4 is 10.5 Å². The zero-order valence-corrected chi connectivity index (χ0v) is 13.0. The third-order valence-corrected chi connectivity index (χ3v) is 4.75. The Kier molecular flexibility index (Phi) is 4.67. The zero-order chi connectivity index (χ0) is 13.1. The lowest BCUT2D eigenvalue weighted by Gasteiger charge is -2.16. The van der Waals surface area contributed by atoms with Gasteiger partial charge in [-0.1, -0.05) is 27.5 Å². The molecule has 0 radical (unpaired) electrons. The van der Waals surface area contributed by atoms with Crippen LogP contribution >= 0.6 is 38.9 Å². The number of ether oxygens (including phenoxy) is 1. The van der Waals surface area contributed by atoms with E-state index in [2.05, 4.69) is 15.9 Å². The molecule has 0 aliphatic carbocycles. The molecule has 5 heteroatoms. The van der Waals surface area contributed by atoms with E-state index in [1.807, 2.05) is 37.3 Å². The third kappa shape index (κ3) is 3.26. The van der Waals surface area contributed by atoms with Crippen LogP contribution in [0, 0.1) is 6.92 Å². The first-order chi connectivity index (χ1) is 8.60. The van der Waals surface area contributed by atoms with Crippen LogP contribution in [-0.4, -0.2) is 6.54 Å². The molecule has 1 heterocycles. The second kappa shape index (κ2) is 6.06. The normalized spacial score (nSPS) is 12.4. The van der Waals surface area contributed by atoms with Crippen molar-refractivity contribution in [1.82, 2.24) is 0 Å². The molecule has 0 saturated carbocycles. The molecule has 0 fully saturated rings. The van der Waals surface area contributed by atoms with Gasteiger partial charge in [0.25, 0.3) is 0 Å². The number of rotatable bonds is 4. The van der Waals surface area contributed by atoms with Crippen molar-refractivity contribution in [2.45, 2.75) is 13.0 Å². The third-order valence-electron chi connectivity index (χ3n) is 2.53. The fourth-order valence-corrected chi connectivity index (χ4v) is 2.93. The monoisotopic (exact) mass is 345 g/mol. The van der Waals surface area contributed by atoms with Crippen molar-refractivity contribution in [3.63, 3.8) is 0 Å². The number of halogens is 2. The van der Waals surface area contributed by atoms with Gasteiger partial charge in [0.05, 0.1) is 4.34 Å². The summed E-state index contributed by atoms with van der Waals surface area (Å²) in [7, 11) is 0. The maximum Gasteiger partial charge on any atom is 0.145 e. The summed E-state index contributed by atoms with van der Waals surface area (Å²) < 4.78 is 7.72. The molecule has 18 heavy (non-hydrogen) atoms. The highest BCUT2D eigenvalue weighted by molar-refractivity contribution is 9.10. The van der Waals surface area contributed by atoms with Crippen molar-refractivity contribution in [2.75, 3.05) is 6.54 Å². The summed E-state index contributed by atoms with van der Waals surface area (Å²) in [6.45, 7) is 2.45. The summed E-state index contributed by atoms with van der Waals surface area (Å²) in [5.41, 5.74) is 6.89. The predicted molar refractivity (Wildman–Crippen MR) is 80.6 cm³/mol. The summed E-state index contributed by atoms with van der Waals surface area (Å²) in [6.07, 6.45) is -0.150. The van der Waals surface area contributed by atoms with Gasteiger partial charge in [0.15, 0.2) is 0 Å². The minimum atomic E-state index is -0.150. The minimum absolute atomic E-state index is 0.150. The van der Waals surface area contributed by atoms with Crippen LogP contribution in [0.4, 0.5) is 0 Å². The molecule has 0 bridgehead atoms. The van der Waals surface area contributed by atoms with Gasteiger partial charge in [-0.25, -0.2) is 0 Å². The van der Waals surface area contributed by atoms with Crippen LogP contribution in [0.5, 0.6) is 5.75 Å². The molecule has 0 amide bonds. The molecule has 2 rings (SSSR count). The molecule has 0 saturated heterocycles. The zero-order valence-electron chi connectivity index (χ0n) is 9.82. The quantitative estimate of drug-likeness (QED) is 0.881. The van der Waals surface area contributed by atoms with Crippen LogP contribution in [0.1, 0.15) is 16.5 Å². The second-order valence-corrected chi connectivity index (χ2v) is 6.50. The predicted octanol–water partition coefficient (Wildman–Crippen LogP) is 4.55. The van der Waals surface area contributed by atoms with Gasteiger partial charge in [-0.15, -0.1) is 11.3 Å². The Morgan fingerprint density at radius 3 is 2.72 bits per heavy atom. The summed E-state index contributed by atoms with van der Waals surface area (Å²) in [5.74, 6) is 0.815. The van der Waals surface area contributed by atoms with Gasteiger partial charge in [0, 0.05) is 15.9 Å². The highest BCUT2D eigenvalue weighted by Gasteiger charge is 2.14. The molecule has 2 nitrogen and oxygen atoms in total. The van der Waals surface area contributed by atoms with Gasteiger partial charge in [-0.3, -0.25) is 0 Å². The second-order valence-electron chi connectivity index (χ2n) is 3.90. The molecule has 1 aromatic heterocycles. The maximum atomic E-state index is 5.93. The van der Waals surface area contributed by atoms with Crippen LogP contribution in [-0.2, 0) is 0 Å². The first-order valence-electron chi connectivity index (χ1n) is 5.48. The molecular formula is C13H13BrClNOS. The Hall–Kier alpha value is -0.550. The Bertz CT molecular complexity index is 544. The van der Waals surface area contributed by atoms with Gasteiger partial charge in [-0.2, -0.15) is 0 Å². The first-order valence-corrected chi connectivity index (χ1v) is 7.47. The summed E-state index contributed by atoms with van der Waals surface area (Å²) in [6, 6.07) is 9.70. The largest absolute Gasteiger partial charge is 0.484 e. The van der Waals surface area contributed by atoms with Crippen LogP contribution in [0.15, 0.2) is 34.8 Å². The van der Waals surface area contributed by atoms with Crippen molar-refractivity contribution in [3.05, 3.63) is 49.6 Å².